The molecule has 0 atom stereocenters. The van der Waals surface area contributed by atoms with Crippen molar-refractivity contribution in [3.8, 4) is 5.75 Å². The lowest BCUT2D eigenvalue weighted by atomic mass is 9.99. The summed E-state index contributed by atoms with van der Waals surface area (Å²) in [6.45, 7) is 0. The van der Waals surface area contributed by atoms with Crippen LogP contribution in [0.1, 0.15) is 16.7 Å². The predicted molar refractivity (Wildman–Crippen MR) is 53.8 cm³/mol. The highest BCUT2D eigenvalue weighted by Gasteiger charge is 2.40. The third kappa shape index (κ3) is 3.55. The van der Waals surface area contributed by atoms with Crippen LogP contribution < -0.4 is 0 Å². The van der Waals surface area contributed by atoms with Gasteiger partial charge in [0.1, 0.15) is 5.75 Å². The van der Waals surface area contributed by atoms with E-state index in [4.69, 9.17) is 5.11 Å². The summed E-state index contributed by atoms with van der Waals surface area (Å²) in [5.74, 6) is -2.69. The summed E-state index contributed by atoms with van der Waals surface area (Å²) in [5, 5.41) is 9.07. The molecule has 1 aromatic carbocycles. The van der Waals surface area contributed by atoms with Crippen LogP contribution in [-0.2, 0) is 28.3 Å². The van der Waals surface area contributed by atoms with Gasteiger partial charge in [0.25, 0.3) is 0 Å². The van der Waals surface area contributed by atoms with Crippen LogP contribution in [0.15, 0.2) is 12.1 Å². The number of carbonyl (C=O) groups is 1. The lowest BCUT2D eigenvalue weighted by Crippen LogP contribution is -2.16. The molecule has 1 N–H and O–H groups in total. The number of hydrogen-bond donors (Lipinski definition) is 1. The molecule has 0 aliphatic heterocycles. The van der Waals surface area contributed by atoms with Crippen molar-refractivity contribution in [2.45, 2.75) is 18.8 Å². The number of alkyl halides is 6. The Labute approximate surface area is 108 Å². The van der Waals surface area contributed by atoms with Crippen LogP contribution >= 0.6 is 0 Å². The molecule has 1 rings (SSSR count). The standard InChI is InChI=1S/C11H8F6O3/c1-20-9(19)3-5-2-7(11(15,16)17)8(18)4-6(5)10(12,13)14/h2,4,18H,3H2,1H3. The molecule has 0 aliphatic carbocycles. The summed E-state index contributed by atoms with van der Waals surface area (Å²) >= 11 is 0. The molecule has 0 radical (unpaired) electrons. The quantitative estimate of drug-likeness (QED) is 0.674. The molecule has 0 aliphatic rings. The van der Waals surface area contributed by atoms with E-state index in [1.807, 2.05) is 0 Å². The number of halogens is 6. The number of phenols is 1. The van der Waals surface area contributed by atoms with Gasteiger partial charge in [0.15, 0.2) is 0 Å². The maximum Gasteiger partial charge on any atom is 0.419 e. The second-order valence-electron chi connectivity index (χ2n) is 3.77. The maximum absolute atomic E-state index is 12.7. The van der Waals surface area contributed by atoms with Gasteiger partial charge in [-0.1, -0.05) is 0 Å². The fourth-order valence-corrected chi connectivity index (χ4v) is 1.50. The molecule has 0 saturated heterocycles. The number of benzene rings is 1. The van der Waals surface area contributed by atoms with Gasteiger partial charge in [0.2, 0.25) is 0 Å². The van der Waals surface area contributed by atoms with Crippen LogP contribution in [0.2, 0.25) is 0 Å². The average molecular weight is 302 g/mol. The lowest BCUT2D eigenvalue weighted by Gasteiger charge is -2.16. The number of ether oxygens (including phenoxy) is 1. The molecule has 112 valence electrons. The van der Waals surface area contributed by atoms with Gasteiger partial charge in [-0.3, -0.25) is 4.79 Å². The van der Waals surface area contributed by atoms with Gasteiger partial charge >= 0.3 is 18.3 Å². The lowest BCUT2D eigenvalue weighted by molar-refractivity contribution is -0.144. The minimum Gasteiger partial charge on any atom is -0.507 e. The van der Waals surface area contributed by atoms with Crippen molar-refractivity contribution >= 4 is 5.97 Å². The number of esters is 1. The number of methoxy groups -OCH3 is 1. The van der Waals surface area contributed by atoms with E-state index in [1.165, 1.54) is 0 Å². The molecule has 0 aromatic heterocycles. The van der Waals surface area contributed by atoms with Gasteiger partial charge < -0.3 is 9.84 Å². The molecule has 20 heavy (non-hydrogen) atoms. The van der Waals surface area contributed by atoms with Crippen LogP contribution in [0.5, 0.6) is 5.75 Å². The highest BCUT2D eigenvalue weighted by molar-refractivity contribution is 5.73. The fourth-order valence-electron chi connectivity index (χ4n) is 1.50. The van der Waals surface area contributed by atoms with Gasteiger partial charge in [-0.25, -0.2) is 0 Å². The Bertz CT molecular complexity index is 518. The van der Waals surface area contributed by atoms with E-state index in [0.29, 0.717) is 0 Å². The normalized spacial score (nSPS) is 12.3. The van der Waals surface area contributed by atoms with Crippen molar-refractivity contribution in [1.82, 2.24) is 0 Å². The minimum atomic E-state index is -5.04. The highest BCUT2D eigenvalue weighted by atomic mass is 19.4. The van der Waals surface area contributed by atoms with E-state index < -0.39 is 47.2 Å². The molecular formula is C11H8F6O3. The summed E-state index contributed by atoms with van der Waals surface area (Å²) in [5.41, 5.74) is -4.09. The van der Waals surface area contributed by atoms with Crippen molar-refractivity contribution < 1.29 is 41.0 Å². The molecule has 0 spiro atoms. The summed E-state index contributed by atoms with van der Waals surface area (Å²) in [6, 6.07) is 0.0379. The van der Waals surface area contributed by atoms with Crippen LogP contribution in [0.3, 0.4) is 0 Å². The maximum atomic E-state index is 12.7. The summed E-state index contributed by atoms with van der Waals surface area (Å²) in [7, 11) is 0.890. The number of carbonyl (C=O) groups excluding carboxylic acids is 1. The first-order valence-electron chi connectivity index (χ1n) is 5.04. The van der Waals surface area contributed by atoms with Crippen molar-refractivity contribution in [3.63, 3.8) is 0 Å². The molecule has 1 aromatic rings. The zero-order valence-corrected chi connectivity index (χ0v) is 9.89. The van der Waals surface area contributed by atoms with Gasteiger partial charge in [0, 0.05) is 0 Å². The van der Waals surface area contributed by atoms with Crippen molar-refractivity contribution in [1.29, 1.82) is 0 Å². The number of hydrogen-bond acceptors (Lipinski definition) is 3. The molecule has 0 heterocycles. The Morgan fingerprint density at radius 3 is 2.00 bits per heavy atom. The van der Waals surface area contributed by atoms with Crippen LogP contribution in [-0.4, -0.2) is 18.2 Å². The van der Waals surface area contributed by atoms with Crippen molar-refractivity contribution in [3.05, 3.63) is 28.8 Å². The van der Waals surface area contributed by atoms with Crippen LogP contribution in [0.25, 0.3) is 0 Å². The number of phenolic OH excluding ortho intramolecular Hbond substituents is 1. The van der Waals surface area contributed by atoms with E-state index in [9.17, 15) is 31.1 Å². The molecule has 0 fully saturated rings. The zero-order valence-electron chi connectivity index (χ0n) is 9.89. The van der Waals surface area contributed by atoms with E-state index in [2.05, 4.69) is 4.74 Å². The highest BCUT2D eigenvalue weighted by Crippen LogP contribution is 2.41. The topological polar surface area (TPSA) is 46.5 Å². The molecule has 0 bridgehead atoms. The van der Waals surface area contributed by atoms with Gasteiger partial charge in [0.05, 0.1) is 24.7 Å². The SMILES string of the molecule is COC(=O)Cc1cc(C(F)(F)F)c(O)cc1C(F)(F)F. The Kier molecular flexibility index (Phi) is 4.21. The Hall–Kier alpha value is -1.93. The summed E-state index contributed by atoms with van der Waals surface area (Å²) < 4.78 is 79.7. The van der Waals surface area contributed by atoms with Crippen molar-refractivity contribution in [2.75, 3.05) is 7.11 Å². The number of aromatic hydroxyl groups is 1. The third-order valence-corrected chi connectivity index (χ3v) is 2.39. The smallest absolute Gasteiger partial charge is 0.419 e. The Morgan fingerprint density at radius 2 is 1.60 bits per heavy atom. The first-order chi connectivity index (χ1) is 8.96. The second kappa shape index (κ2) is 5.22. The largest absolute Gasteiger partial charge is 0.507 e. The van der Waals surface area contributed by atoms with Crippen LogP contribution in [0.4, 0.5) is 26.3 Å². The molecule has 0 saturated carbocycles. The average Bonchev–Trinajstić information content (AvgIpc) is 2.27. The third-order valence-electron chi connectivity index (χ3n) is 2.39. The van der Waals surface area contributed by atoms with Gasteiger partial charge in [-0.15, -0.1) is 0 Å². The summed E-state index contributed by atoms with van der Waals surface area (Å²) in [4.78, 5) is 11.0. The number of rotatable bonds is 2. The molecule has 9 heteroatoms. The van der Waals surface area contributed by atoms with E-state index in [1.54, 1.807) is 0 Å². The fraction of sp³-hybridized carbons (Fsp3) is 0.364. The van der Waals surface area contributed by atoms with E-state index >= 15 is 0 Å². The first-order valence-corrected chi connectivity index (χ1v) is 5.04. The molecule has 3 nitrogen and oxygen atoms in total. The minimum absolute atomic E-state index is 0.0545. The predicted octanol–water partition coefficient (Wildman–Crippen LogP) is 3.15. The van der Waals surface area contributed by atoms with E-state index in [0.717, 1.165) is 7.11 Å². The zero-order chi connectivity index (χ0) is 15.7. The van der Waals surface area contributed by atoms with E-state index in [-0.39, 0.29) is 12.1 Å². The monoisotopic (exact) mass is 302 g/mol. The van der Waals surface area contributed by atoms with Gasteiger partial charge in [-0.05, 0) is 17.7 Å². The molecule has 0 unspecified atom stereocenters. The van der Waals surface area contributed by atoms with Crippen molar-refractivity contribution in [2.24, 2.45) is 0 Å². The Morgan fingerprint density at radius 1 is 1.10 bits per heavy atom. The summed E-state index contributed by atoms with van der Waals surface area (Å²) in [6.07, 6.45) is -11.0. The second-order valence-corrected chi connectivity index (χ2v) is 3.77. The molecular weight excluding hydrogens is 294 g/mol. The van der Waals surface area contributed by atoms with Gasteiger partial charge in [-0.2, -0.15) is 26.3 Å². The Balaban J connectivity index is 3.46. The van der Waals surface area contributed by atoms with Crippen LogP contribution in [0, 0.1) is 0 Å². The molecule has 0 amide bonds. The first kappa shape index (κ1) is 16.1.